The maximum absolute atomic E-state index is 12.0. The van der Waals surface area contributed by atoms with Gasteiger partial charge in [0.2, 0.25) is 5.12 Å². The van der Waals surface area contributed by atoms with E-state index < -0.39 is 11.5 Å². The fourth-order valence-corrected chi connectivity index (χ4v) is 6.24. The largest absolute Gasteiger partial charge is 0.396 e. The Labute approximate surface area is 159 Å². The number of hydrogen-bond donors (Lipinski definition) is 3. The van der Waals surface area contributed by atoms with Crippen molar-refractivity contribution in [2.24, 2.45) is 22.7 Å². The predicted molar refractivity (Wildman–Crippen MR) is 105 cm³/mol. The number of aliphatic hydroxyl groups excluding tert-OH is 2. The van der Waals surface area contributed by atoms with Crippen LogP contribution >= 0.6 is 24.0 Å². The van der Waals surface area contributed by atoms with Gasteiger partial charge >= 0.3 is 0 Å². The number of aliphatic hydroxyl groups is 2. The molecule has 3 aliphatic rings. The molecule has 4 nitrogen and oxygen atoms in total. The second-order valence-corrected chi connectivity index (χ2v) is 9.83. The van der Waals surface area contributed by atoms with Gasteiger partial charge in [-0.15, -0.1) is 0 Å². The highest BCUT2D eigenvalue weighted by atomic mass is 32.2. The Balaban J connectivity index is 1.88. The summed E-state index contributed by atoms with van der Waals surface area (Å²) in [4.78, 5) is 12.0. The van der Waals surface area contributed by atoms with E-state index >= 15 is 0 Å². The van der Waals surface area contributed by atoms with Gasteiger partial charge in [0, 0.05) is 5.41 Å². The standard InChI is InChI=1S/C19H27NO3S2/c1-11-4-7-14-18(2,9-8-15(22)19(14,3)10-21)12(11)5-6-13-16(23)25-17(24)20-13/h6,12,14-15,21-22H,1,4-5,7-10H2,2-3H3,(H,20,24)/b13-6+/t12-,14?,15-,18+,19+/m1/s1. The van der Waals surface area contributed by atoms with Crippen LogP contribution in [0.25, 0.3) is 0 Å². The third-order valence-corrected chi connectivity index (χ3v) is 7.94. The van der Waals surface area contributed by atoms with Crippen LogP contribution in [-0.2, 0) is 4.79 Å². The third kappa shape index (κ3) is 3.11. The quantitative estimate of drug-likeness (QED) is 0.396. The first-order valence-electron chi connectivity index (χ1n) is 8.92. The molecular formula is C19H27NO3S2. The molecule has 138 valence electrons. The van der Waals surface area contributed by atoms with Crippen LogP contribution < -0.4 is 5.32 Å². The molecule has 1 saturated heterocycles. The lowest BCUT2D eigenvalue weighted by Gasteiger charge is -2.59. The Morgan fingerprint density at radius 1 is 1.44 bits per heavy atom. The van der Waals surface area contributed by atoms with E-state index in [0.717, 1.165) is 37.4 Å². The summed E-state index contributed by atoms with van der Waals surface area (Å²) in [6, 6.07) is 0. The zero-order valence-corrected chi connectivity index (χ0v) is 16.5. The van der Waals surface area contributed by atoms with Crippen LogP contribution in [0.1, 0.15) is 46.0 Å². The summed E-state index contributed by atoms with van der Waals surface area (Å²) < 4.78 is 0.511. The van der Waals surface area contributed by atoms with Gasteiger partial charge in [-0.1, -0.05) is 44.3 Å². The van der Waals surface area contributed by atoms with Crippen LogP contribution in [0.5, 0.6) is 0 Å². The molecule has 0 aromatic carbocycles. The van der Waals surface area contributed by atoms with Crippen LogP contribution in [-0.4, -0.2) is 32.4 Å². The molecule has 6 heteroatoms. The van der Waals surface area contributed by atoms with Crippen LogP contribution in [0.15, 0.2) is 23.9 Å². The van der Waals surface area contributed by atoms with Gasteiger partial charge in [0.05, 0.1) is 18.4 Å². The maximum atomic E-state index is 12.0. The number of hydrogen-bond acceptors (Lipinski definition) is 5. The summed E-state index contributed by atoms with van der Waals surface area (Å²) in [6.07, 6.45) is 5.70. The van der Waals surface area contributed by atoms with Crippen molar-refractivity contribution < 1.29 is 15.0 Å². The molecule has 3 rings (SSSR count). The van der Waals surface area contributed by atoms with Gasteiger partial charge in [-0.25, -0.2) is 0 Å². The Morgan fingerprint density at radius 2 is 2.16 bits per heavy atom. The number of carbonyl (C=O) groups is 1. The Hall–Kier alpha value is -0.690. The fraction of sp³-hybridized carbons (Fsp3) is 0.684. The number of fused-ring (bicyclic) bond motifs is 1. The van der Waals surface area contributed by atoms with Crippen LogP contribution in [0.3, 0.4) is 0 Å². The summed E-state index contributed by atoms with van der Waals surface area (Å²) >= 11 is 6.12. The van der Waals surface area contributed by atoms with E-state index in [4.69, 9.17) is 12.2 Å². The zero-order valence-electron chi connectivity index (χ0n) is 14.9. The minimum absolute atomic E-state index is 0.000337. The van der Waals surface area contributed by atoms with E-state index in [1.807, 2.05) is 13.0 Å². The molecule has 0 radical (unpaired) electrons. The van der Waals surface area contributed by atoms with E-state index in [-0.39, 0.29) is 29.0 Å². The SMILES string of the molecule is C=C1CCC2[C@](C)(CO)[C@H](O)CC[C@@]2(C)[C@@H]1C/C=C1/NC(=S)SC1=O. The molecule has 2 aliphatic carbocycles. The van der Waals surface area contributed by atoms with Gasteiger partial charge in [0.15, 0.2) is 0 Å². The molecule has 0 bridgehead atoms. The number of thiocarbonyl (C=S) groups is 1. The second kappa shape index (κ2) is 6.80. The smallest absolute Gasteiger partial charge is 0.242 e. The van der Waals surface area contributed by atoms with Crippen LogP contribution in [0.2, 0.25) is 0 Å². The van der Waals surface area contributed by atoms with Gasteiger partial charge in [-0.2, -0.15) is 0 Å². The van der Waals surface area contributed by atoms with Crippen molar-refractivity contribution in [3.63, 3.8) is 0 Å². The van der Waals surface area contributed by atoms with Crippen molar-refractivity contribution in [1.29, 1.82) is 0 Å². The average molecular weight is 382 g/mol. The van der Waals surface area contributed by atoms with Crippen LogP contribution in [0.4, 0.5) is 0 Å². The van der Waals surface area contributed by atoms with Crippen molar-refractivity contribution in [2.45, 2.75) is 52.1 Å². The number of carbonyl (C=O) groups excluding carboxylic acids is 1. The highest BCUT2D eigenvalue weighted by molar-refractivity contribution is 8.33. The highest BCUT2D eigenvalue weighted by Gasteiger charge is 2.57. The molecule has 2 saturated carbocycles. The van der Waals surface area contributed by atoms with Gasteiger partial charge in [-0.3, -0.25) is 4.79 Å². The normalized spacial score (nSPS) is 43.3. The fourth-order valence-electron chi connectivity index (χ4n) is 5.33. The molecule has 1 aliphatic heterocycles. The minimum atomic E-state index is -0.474. The molecule has 1 unspecified atom stereocenters. The molecular weight excluding hydrogens is 354 g/mol. The molecule has 0 aromatic rings. The Morgan fingerprint density at radius 3 is 2.76 bits per heavy atom. The average Bonchev–Trinajstić information content (AvgIpc) is 2.88. The molecule has 1 heterocycles. The van der Waals surface area contributed by atoms with E-state index in [1.54, 1.807) is 0 Å². The lowest BCUT2D eigenvalue weighted by atomic mass is 9.46. The van der Waals surface area contributed by atoms with Crippen molar-refractivity contribution in [2.75, 3.05) is 6.61 Å². The van der Waals surface area contributed by atoms with Crippen molar-refractivity contribution in [3.05, 3.63) is 23.9 Å². The topological polar surface area (TPSA) is 69.6 Å². The number of rotatable bonds is 3. The molecule has 3 fully saturated rings. The van der Waals surface area contributed by atoms with Gasteiger partial charge in [-0.05, 0) is 61.1 Å². The molecule has 3 N–H and O–H groups in total. The lowest BCUT2D eigenvalue weighted by Crippen LogP contribution is -2.57. The lowest BCUT2D eigenvalue weighted by molar-refractivity contribution is -0.151. The first-order valence-corrected chi connectivity index (χ1v) is 10.1. The number of nitrogens with one attached hydrogen (secondary N) is 1. The summed E-state index contributed by atoms with van der Waals surface area (Å²) in [5.74, 6) is 0.483. The molecule has 0 aromatic heterocycles. The Bertz CT molecular complexity index is 647. The molecule has 0 amide bonds. The number of allylic oxidation sites excluding steroid dienone is 2. The van der Waals surface area contributed by atoms with Gasteiger partial charge < -0.3 is 15.5 Å². The summed E-state index contributed by atoms with van der Waals surface area (Å²) in [7, 11) is 0. The van der Waals surface area contributed by atoms with Crippen LogP contribution in [0, 0.1) is 22.7 Å². The predicted octanol–water partition coefficient (Wildman–Crippen LogP) is 3.15. The van der Waals surface area contributed by atoms with Gasteiger partial charge in [0.25, 0.3) is 0 Å². The monoisotopic (exact) mass is 381 g/mol. The van der Waals surface area contributed by atoms with Crippen molar-refractivity contribution in [3.8, 4) is 0 Å². The second-order valence-electron chi connectivity index (χ2n) is 8.18. The zero-order chi connectivity index (χ0) is 18.4. The summed E-state index contributed by atoms with van der Waals surface area (Å²) in [5.41, 5.74) is 1.29. The first-order chi connectivity index (χ1) is 11.7. The van der Waals surface area contributed by atoms with Crippen molar-refractivity contribution >= 4 is 33.4 Å². The number of thioether (sulfide) groups is 1. The van der Waals surface area contributed by atoms with E-state index in [2.05, 4.69) is 18.8 Å². The van der Waals surface area contributed by atoms with Gasteiger partial charge in [0.1, 0.15) is 4.32 Å². The summed E-state index contributed by atoms with van der Waals surface area (Å²) in [5, 5.41) is 23.5. The molecule has 5 atom stereocenters. The van der Waals surface area contributed by atoms with Crippen molar-refractivity contribution in [1.82, 2.24) is 5.32 Å². The maximum Gasteiger partial charge on any atom is 0.242 e. The third-order valence-electron chi connectivity index (χ3n) is 6.89. The van der Waals surface area contributed by atoms with E-state index in [1.165, 1.54) is 5.57 Å². The summed E-state index contributed by atoms with van der Waals surface area (Å²) in [6.45, 7) is 8.60. The highest BCUT2D eigenvalue weighted by Crippen LogP contribution is 2.61. The molecule has 0 spiro atoms. The van der Waals surface area contributed by atoms with E-state index in [9.17, 15) is 15.0 Å². The minimum Gasteiger partial charge on any atom is -0.396 e. The molecule has 25 heavy (non-hydrogen) atoms. The van der Waals surface area contributed by atoms with E-state index in [0.29, 0.717) is 16.4 Å². The first kappa shape index (κ1) is 19.1. The Kier molecular flexibility index (Phi) is 5.19.